The topological polar surface area (TPSA) is 111 Å². The molecule has 2 aliphatic rings. The van der Waals surface area contributed by atoms with Crippen molar-refractivity contribution in [2.75, 3.05) is 36.9 Å². The Morgan fingerprint density at radius 1 is 1.13 bits per heavy atom. The Labute approximate surface area is 189 Å². The lowest BCUT2D eigenvalue weighted by atomic mass is 9.86. The molecule has 0 radical (unpaired) electrons. The molecule has 2 aromatic heterocycles. The molecule has 2 fully saturated rings. The lowest BCUT2D eigenvalue weighted by Gasteiger charge is -2.33. The predicted molar refractivity (Wildman–Crippen MR) is 126 cm³/mol. The average Bonchev–Trinajstić information content (AvgIpc) is 2.80. The van der Waals surface area contributed by atoms with Crippen molar-refractivity contribution in [2.24, 2.45) is 17.4 Å². The monoisotopic (exact) mass is 444 g/mol. The molecule has 8 heteroatoms. The maximum absolute atomic E-state index is 6.49. The minimum absolute atomic E-state index is 0.260. The second kappa shape index (κ2) is 10.1. The molecule has 0 aromatic carbocycles. The Hall–Kier alpha value is -1.93. The van der Waals surface area contributed by atoms with Gasteiger partial charge in [0.05, 0.1) is 10.7 Å². The van der Waals surface area contributed by atoms with E-state index in [1.807, 2.05) is 24.3 Å². The van der Waals surface area contributed by atoms with Gasteiger partial charge in [-0.3, -0.25) is 0 Å². The van der Waals surface area contributed by atoms with Crippen molar-refractivity contribution in [3.8, 4) is 11.3 Å². The second-order valence-electron chi connectivity index (χ2n) is 8.88. The summed E-state index contributed by atoms with van der Waals surface area (Å²) in [5, 5.41) is 7.55. The van der Waals surface area contributed by atoms with E-state index >= 15 is 0 Å². The van der Waals surface area contributed by atoms with Crippen molar-refractivity contribution < 1.29 is 4.74 Å². The van der Waals surface area contributed by atoms with Crippen LogP contribution in [-0.4, -0.2) is 47.9 Å². The third kappa shape index (κ3) is 5.86. The van der Waals surface area contributed by atoms with E-state index in [2.05, 4.69) is 15.6 Å². The zero-order valence-corrected chi connectivity index (χ0v) is 18.7. The molecular weight excluding hydrogens is 412 g/mol. The zero-order valence-electron chi connectivity index (χ0n) is 17.9. The normalized spacial score (nSPS) is 23.3. The first-order valence-electron chi connectivity index (χ1n) is 11.2. The van der Waals surface area contributed by atoms with Crippen LogP contribution in [-0.2, 0) is 4.74 Å². The molecule has 168 valence electrons. The van der Waals surface area contributed by atoms with Gasteiger partial charge in [0.2, 0.25) is 0 Å². The van der Waals surface area contributed by atoms with Gasteiger partial charge in [-0.05, 0) is 69.2 Å². The Balaban J connectivity index is 1.44. The number of nitrogens with one attached hydrogen (secondary N) is 2. The van der Waals surface area contributed by atoms with Gasteiger partial charge in [-0.1, -0.05) is 17.7 Å². The summed E-state index contributed by atoms with van der Waals surface area (Å²) in [5.74, 6) is 2.27. The lowest BCUT2D eigenvalue weighted by molar-refractivity contribution is 0.0574. The van der Waals surface area contributed by atoms with E-state index in [9.17, 15) is 0 Å². The van der Waals surface area contributed by atoms with Gasteiger partial charge in [0.25, 0.3) is 0 Å². The number of hydrogen-bond acceptors (Lipinski definition) is 7. The fourth-order valence-electron chi connectivity index (χ4n) is 4.37. The fraction of sp³-hybridized carbons (Fsp3) is 0.565. The maximum Gasteiger partial charge on any atom is 0.126 e. The second-order valence-corrected chi connectivity index (χ2v) is 9.29. The molecule has 0 bridgehead atoms. The number of hydrogen-bond donors (Lipinski definition) is 4. The highest BCUT2D eigenvalue weighted by molar-refractivity contribution is 6.33. The predicted octanol–water partition coefficient (Wildman–Crippen LogP) is 3.65. The summed E-state index contributed by atoms with van der Waals surface area (Å²) in [4.78, 5) is 9.26. The van der Waals surface area contributed by atoms with E-state index in [0.717, 1.165) is 55.1 Å². The van der Waals surface area contributed by atoms with Gasteiger partial charge in [-0.2, -0.15) is 0 Å². The van der Waals surface area contributed by atoms with E-state index in [4.69, 9.17) is 32.8 Å². The average molecular weight is 445 g/mol. The summed E-state index contributed by atoms with van der Waals surface area (Å²) >= 11 is 6.49. The van der Waals surface area contributed by atoms with E-state index in [0.29, 0.717) is 36.7 Å². The number of anilines is 2. The summed E-state index contributed by atoms with van der Waals surface area (Å²) in [7, 11) is 0. The van der Waals surface area contributed by atoms with E-state index in [-0.39, 0.29) is 5.54 Å². The van der Waals surface area contributed by atoms with E-state index < -0.39 is 0 Å². The van der Waals surface area contributed by atoms with Gasteiger partial charge in [0.1, 0.15) is 11.6 Å². The van der Waals surface area contributed by atoms with E-state index in [1.165, 1.54) is 12.8 Å². The molecule has 0 spiro atoms. The number of ether oxygens (including phenoxy) is 1. The summed E-state index contributed by atoms with van der Waals surface area (Å²) in [6, 6.07) is 8.32. The Kier molecular flexibility index (Phi) is 7.27. The third-order valence-corrected chi connectivity index (χ3v) is 6.82. The molecule has 0 amide bonds. The maximum atomic E-state index is 6.49. The molecule has 3 heterocycles. The van der Waals surface area contributed by atoms with Crippen LogP contribution in [0.1, 0.15) is 38.5 Å². The molecule has 2 aromatic rings. The molecule has 31 heavy (non-hydrogen) atoms. The minimum atomic E-state index is -0.260. The Morgan fingerprint density at radius 3 is 2.65 bits per heavy atom. The molecule has 1 saturated heterocycles. The minimum Gasteiger partial charge on any atom is -0.381 e. The molecule has 0 unspecified atom stereocenters. The molecule has 1 aliphatic heterocycles. The summed E-state index contributed by atoms with van der Waals surface area (Å²) in [6.45, 7) is 2.87. The molecule has 0 atom stereocenters. The first kappa shape index (κ1) is 22.3. The lowest BCUT2D eigenvalue weighted by Crippen LogP contribution is -2.50. The van der Waals surface area contributed by atoms with Crippen molar-refractivity contribution in [2.45, 2.75) is 50.1 Å². The summed E-state index contributed by atoms with van der Waals surface area (Å²) in [6.07, 6.45) is 7.95. The van der Waals surface area contributed by atoms with Crippen LogP contribution in [0.3, 0.4) is 0 Å². The number of nitrogens with two attached hydrogens (primary N) is 2. The van der Waals surface area contributed by atoms with Gasteiger partial charge < -0.3 is 26.8 Å². The van der Waals surface area contributed by atoms with Crippen molar-refractivity contribution in [1.82, 2.24) is 9.97 Å². The first-order chi connectivity index (χ1) is 15.0. The van der Waals surface area contributed by atoms with Gasteiger partial charge in [0, 0.05) is 43.1 Å². The number of pyridine rings is 2. The number of nitrogens with zero attached hydrogens (tertiary/aromatic N) is 2. The van der Waals surface area contributed by atoms with Crippen molar-refractivity contribution in [1.29, 1.82) is 0 Å². The molecule has 1 saturated carbocycles. The Bertz CT molecular complexity index is 865. The fourth-order valence-corrected chi connectivity index (χ4v) is 4.57. The van der Waals surface area contributed by atoms with Crippen LogP contribution in [0.5, 0.6) is 0 Å². The molecule has 6 N–H and O–H groups in total. The van der Waals surface area contributed by atoms with Crippen LogP contribution in [0.4, 0.5) is 11.6 Å². The van der Waals surface area contributed by atoms with Crippen LogP contribution < -0.4 is 22.1 Å². The van der Waals surface area contributed by atoms with Crippen LogP contribution in [0.25, 0.3) is 11.3 Å². The highest BCUT2D eigenvalue weighted by atomic mass is 35.5. The first-order valence-corrected chi connectivity index (χ1v) is 11.6. The largest absolute Gasteiger partial charge is 0.381 e. The van der Waals surface area contributed by atoms with Gasteiger partial charge >= 0.3 is 0 Å². The van der Waals surface area contributed by atoms with Crippen LogP contribution in [0.15, 0.2) is 30.5 Å². The van der Waals surface area contributed by atoms with Gasteiger partial charge in [0.15, 0.2) is 0 Å². The number of aromatic nitrogens is 2. The molecule has 1 aliphatic carbocycles. The van der Waals surface area contributed by atoms with Crippen molar-refractivity contribution >= 4 is 23.2 Å². The molecule has 7 nitrogen and oxygen atoms in total. The highest BCUT2D eigenvalue weighted by Crippen LogP contribution is 2.31. The summed E-state index contributed by atoms with van der Waals surface area (Å²) < 4.78 is 5.43. The number of rotatable bonds is 7. The van der Waals surface area contributed by atoms with E-state index in [1.54, 1.807) is 6.20 Å². The zero-order chi connectivity index (χ0) is 21.7. The van der Waals surface area contributed by atoms with Crippen LogP contribution >= 0.6 is 11.6 Å². The van der Waals surface area contributed by atoms with Crippen molar-refractivity contribution in [3.05, 3.63) is 35.5 Å². The summed E-state index contributed by atoms with van der Waals surface area (Å²) in [5.41, 5.74) is 13.7. The molecular formula is C23H33ClN6O. The Morgan fingerprint density at radius 2 is 1.90 bits per heavy atom. The highest BCUT2D eigenvalue weighted by Gasteiger charge is 2.27. The van der Waals surface area contributed by atoms with Gasteiger partial charge in [-0.25, -0.2) is 9.97 Å². The molecule has 4 rings (SSSR count). The van der Waals surface area contributed by atoms with Crippen LogP contribution in [0, 0.1) is 5.92 Å². The van der Waals surface area contributed by atoms with Crippen molar-refractivity contribution in [3.63, 3.8) is 0 Å². The smallest absolute Gasteiger partial charge is 0.126 e. The standard InChI is InChI=1S/C23H33ClN6O/c24-19-14-27-22(29-17-6-4-16(13-25)5-7-17)12-18(19)20-2-1-3-21(30-20)28-15-23(26)8-10-31-11-9-23/h1-3,12,14,16-17H,4-11,13,15,25-26H2,(H,27,29)(H,28,30). The van der Waals surface area contributed by atoms with Crippen LogP contribution in [0.2, 0.25) is 5.02 Å². The SMILES string of the molecule is NCC1CCC(Nc2cc(-c3cccc(NCC4(N)CCOCC4)n3)c(Cl)cn2)CC1. The number of halogens is 1. The van der Waals surface area contributed by atoms with Gasteiger partial charge in [-0.15, -0.1) is 0 Å². The quantitative estimate of drug-likeness (QED) is 0.515. The third-order valence-electron chi connectivity index (χ3n) is 6.52.